The largest absolute Gasteiger partial charge is 0.456 e. The van der Waals surface area contributed by atoms with Gasteiger partial charge in [0.25, 0.3) is 0 Å². The number of halogens is 2. The van der Waals surface area contributed by atoms with Gasteiger partial charge < -0.3 is 10.5 Å². The van der Waals surface area contributed by atoms with E-state index in [-0.39, 0.29) is 11.6 Å². The lowest BCUT2D eigenvalue weighted by Crippen LogP contribution is -2.10. The average molecular weight is 354 g/mol. The molecule has 2 aromatic carbocycles. The van der Waals surface area contributed by atoms with Crippen molar-refractivity contribution in [1.82, 2.24) is 0 Å². The number of nitrogens with one attached hydrogen (secondary N) is 1. The molecule has 108 valence electrons. The summed E-state index contributed by atoms with van der Waals surface area (Å²) in [5.74, 6) is -0.583. The maximum atomic E-state index is 13.5. The van der Waals surface area contributed by atoms with Gasteiger partial charge in [-0.05, 0) is 40.2 Å². The van der Waals surface area contributed by atoms with Gasteiger partial charge in [0.15, 0.2) is 0 Å². The van der Waals surface area contributed by atoms with Crippen LogP contribution in [0.5, 0.6) is 11.5 Å². The third kappa shape index (κ3) is 3.34. The number of rotatable bonds is 4. The Morgan fingerprint density at radius 1 is 1.33 bits per heavy atom. The van der Waals surface area contributed by atoms with Gasteiger partial charge >= 0.3 is 5.69 Å². The van der Waals surface area contributed by atoms with E-state index in [1.54, 1.807) is 18.2 Å². The molecule has 8 heteroatoms. The van der Waals surface area contributed by atoms with Crippen molar-refractivity contribution >= 4 is 27.5 Å². The maximum absolute atomic E-state index is 13.5. The maximum Gasteiger partial charge on any atom is 0.305 e. The van der Waals surface area contributed by atoms with Crippen LogP contribution in [0.3, 0.4) is 0 Å². The summed E-state index contributed by atoms with van der Waals surface area (Å²) >= 11 is 3.25. The Bertz CT molecular complexity index is 737. The first-order chi connectivity index (χ1) is 9.88. The summed E-state index contributed by atoms with van der Waals surface area (Å²) in [6.07, 6.45) is 0. The van der Waals surface area contributed by atoms with Crippen molar-refractivity contribution in [3.05, 3.63) is 62.4 Å². The number of ether oxygens (including phenoxy) is 1. The lowest BCUT2D eigenvalue weighted by Gasteiger charge is -2.09. The summed E-state index contributed by atoms with van der Waals surface area (Å²) in [7, 11) is 0. The van der Waals surface area contributed by atoms with Crippen molar-refractivity contribution in [3.63, 3.8) is 0 Å². The van der Waals surface area contributed by atoms with Crippen LogP contribution in [0.25, 0.3) is 0 Å². The lowest BCUT2D eigenvalue weighted by molar-refractivity contribution is -0.387. The molecule has 0 aromatic heterocycles. The number of nitrogens with two attached hydrogens (primary N) is 1. The standard InChI is InChI=1S/C13H9BrFN3O3/c14-9-5-7(13(16)17)1-4-12(9)21-8-2-3-11(18(19)20)10(15)6-8/h1-6H,(H3,16,17). The van der Waals surface area contributed by atoms with Crippen LogP contribution in [0, 0.1) is 21.3 Å². The van der Waals surface area contributed by atoms with Gasteiger partial charge in [0.05, 0.1) is 9.40 Å². The molecule has 0 saturated carbocycles. The Morgan fingerprint density at radius 3 is 2.57 bits per heavy atom. The van der Waals surface area contributed by atoms with Crippen molar-refractivity contribution in [2.75, 3.05) is 0 Å². The first-order valence-electron chi connectivity index (χ1n) is 5.64. The molecule has 0 aliphatic carbocycles. The zero-order valence-corrected chi connectivity index (χ0v) is 12.1. The predicted octanol–water partition coefficient (Wildman–Crippen LogP) is 3.57. The van der Waals surface area contributed by atoms with Crippen LogP contribution in [0.2, 0.25) is 0 Å². The van der Waals surface area contributed by atoms with Crippen LogP contribution in [-0.2, 0) is 0 Å². The molecular weight excluding hydrogens is 345 g/mol. The highest BCUT2D eigenvalue weighted by molar-refractivity contribution is 9.10. The molecule has 0 aliphatic rings. The zero-order valence-electron chi connectivity index (χ0n) is 10.5. The Labute approximate surface area is 127 Å². The number of benzene rings is 2. The fraction of sp³-hybridized carbons (Fsp3) is 0. The number of nitrogen functional groups attached to an aromatic ring is 1. The number of nitrogens with zero attached hydrogens (tertiary/aromatic N) is 1. The Morgan fingerprint density at radius 2 is 2.05 bits per heavy atom. The molecule has 6 nitrogen and oxygen atoms in total. The van der Waals surface area contributed by atoms with E-state index >= 15 is 0 Å². The smallest absolute Gasteiger partial charge is 0.305 e. The molecule has 0 radical (unpaired) electrons. The summed E-state index contributed by atoms with van der Waals surface area (Å²) in [5.41, 5.74) is 5.24. The molecule has 0 aliphatic heterocycles. The number of amidine groups is 1. The molecular formula is C13H9BrFN3O3. The fourth-order valence-corrected chi connectivity index (χ4v) is 2.04. The lowest BCUT2D eigenvalue weighted by atomic mass is 10.2. The first kappa shape index (κ1) is 14.9. The van der Waals surface area contributed by atoms with Crippen molar-refractivity contribution in [2.24, 2.45) is 5.73 Å². The van der Waals surface area contributed by atoms with Gasteiger partial charge in [0, 0.05) is 17.7 Å². The summed E-state index contributed by atoms with van der Waals surface area (Å²) in [6, 6.07) is 7.97. The van der Waals surface area contributed by atoms with Gasteiger partial charge in [0.1, 0.15) is 17.3 Å². The van der Waals surface area contributed by atoms with Crippen LogP contribution >= 0.6 is 15.9 Å². The molecule has 2 aromatic rings. The molecule has 3 N–H and O–H groups in total. The van der Waals surface area contributed by atoms with E-state index in [9.17, 15) is 14.5 Å². The second-order valence-electron chi connectivity index (χ2n) is 4.03. The third-order valence-electron chi connectivity index (χ3n) is 2.59. The summed E-state index contributed by atoms with van der Waals surface area (Å²) in [5, 5.41) is 17.9. The van der Waals surface area contributed by atoms with E-state index in [0.717, 1.165) is 12.1 Å². The highest BCUT2D eigenvalue weighted by atomic mass is 79.9. The molecule has 0 saturated heterocycles. The van der Waals surface area contributed by atoms with Gasteiger partial charge in [-0.3, -0.25) is 15.5 Å². The van der Waals surface area contributed by atoms with Crippen LogP contribution in [0.4, 0.5) is 10.1 Å². The highest BCUT2D eigenvalue weighted by Gasteiger charge is 2.15. The molecule has 0 heterocycles. The van der Waals surface area contributed by atoms with Gasteiger partial charge in [-0.25, -0.2) is 0 Å². The molecule has 0 unspecified atom stereocenters. The first-order valence-corrected chi connectivity index (χ1v) is 6.43. The Kier molecular flexibility index (Phi) is 4.18. The van der Waals surface area contributed by atoms with E-state index in [2.05, 4.69) is 15.9 Å². The van der Waals surface area contributed by atoms with Crippen LogP contribution in [0.15, 0.2) is 40.9 Å². The van der Waals surface area contributed by atoms with E-state index < -0.39 is 16.4 Å². The predicted molar refractivity (Wildman–Crippen MR) is 78.3 cm³/mol. The minimum absolute atomic E-state index is 0.0939. The van der Waals surface area contributed by atoms with Crippen molar-refractivity contribution in [1.29, 1.82) is 5.41 Å². The Hall–Kier alpha value is -2.48. The van der Waals surface area contributed by atoms with Crippen LogP contribution in [-0.4, -0.2) is 10.8 Å². The number of nitro benzene ring substituents is 1. The van der Waals surface area contributed by atoms with Gasteiger partial charge in [-0.15, -0.1) is 0 Å². The Balaban J connectivity index is 2.28. The van der Waals surface area contributed by atoms with Crippen molar-refractivity contribution in [3.8, 4) is 11.5 Å². The molecule has 0 spiro atoms. The van der Waals surface area contributed by atoms with E-state index in [4.69, 9.17) is 15.9 Å². The third-order valence-corrected chi connectivity index (χ3v) is 3.21. The molecule has 2 rings (SSSR count). The number of nitro groups is 1. The minimum atomic E-state index is -0.978. The second kappa shape index (κ2) is 5.88. The quantitative estimate of drug-likeness (QED) is 0.379. The monoisotopic (exact) mass is 353 g/mol. The SMILES string of the molecule is N=C(N)c1ccc(Oc2ccc([N+](=O)[O-])c(F)c2)c(Br)c1. The summed E-state index contributed by atoms with van der Waals surface area (Å²) in [4.78, 5) is 9.72. The molecule has 21 heavy (non-hydrogen) atoms. The minimum Gasteiger partial charge on any atom is -0.456 e. The van der Waals surface area contributed by atoms with Gasteiger partial charge in [-0.1, -0.05) is 0 Å². The van der Waals surface area contributed by atoms with Crippen LogP contribution < -0.4 is 10.5 Å². The van der Waals surface area contributed by atoms with E-state index in [1.165, 1.54) is 6.07 Å². The molecule has 0 atom stereocenters. The van der Waals surface area contributed by atoms with E-state index in [0.29, 0.717) is 15.8 Å². The molecule has 0 amide bonds. The van der Waals surface area contributed by atoms with Gasteiger partial charge in [0.2, 0.25) is 5.82 Å². The van der Waals surface area contributed by atoms with Crippen molar-refractivity contribution in [2.45, 2.75) is 0 Å². The fourth-order valence-electron chi connectivity index (χ4n) is 1.58. The van der Waals surface area contributed by atoms with Gasteiger partial charge in [-0.2, -0.15) is 4.39 Å². The molecule has 0 fully saturated rings. The van der Waals surface area contributed by atoms with Crippen LogP contribution in [0.1, 0.15) is 5.56 Å². The number of hydrogen-bond acceptors (Lipinski definition) is 4. The second-order valence-corrected chi connectivity index (χ2v) is 4.89. The number of hydrogen-bond donors (Lipinski definition) is 2. The van der Waals surface area contributed by atoms with E-state index in [1.807, 2.05) is 0 Å². The summed E-state index contributed by atoms with van der Waals surface area (Å²) in [6.45, 7) is 0. The van der Waals surface area contributed by atoms with Crippen molar-refractivity contribution < 1.29 is 14.1 Å². The topological polar surface area (TPSA) is 102 Å². The zero-order chi connectivity index (χ0) is 15.6. The summed E-state index contributed by atoms with van der Waals surface area (Å²) < 4.78 is 19.5. The average Bonchev–Trinajstić information content (AvgIpc) is 2.40. The molecule has 0 bridgehead atoms. The normalized spacial score (nSPS) is 10.2. The highest BCUT2D eigenvalue weighted by Crippen LogP contribution is 2.32.